The Morgan fingerprint density at radius 3 is 2.65 bits per heavy atom. The van der Waals surface area contributed by atoms with Crippen LogP contribution >= 0.6 is 46.1 Å². The molecule has 124 valence electrons. The van der Waals surface area contributed by atoms with Gasteiger partial charge >= 0.3 is 0 Å². The molecule has 4 nitrogen and oxygen atoms in total. The van der Waals surface area contributed by atoms with Crippen LogP contribution in [0, 0.1) is 0 Å². The number of ether oxygens (including phenoxy) is 2. The Balaban J connectivity index is 1.82. The summed E-state index contributed by atoms with van der Waals surface area (Å²) in [7, 11) is 1.58. The second-order valence-electron chi connectivity index (χ2n) is 4.53. The zero-order valence-electron chi connectivity index (χ0n) is 12.1. The molecule has 0 radical (unpaired) electrons. The molecule has 0 spiro atoms. The molecule has 1 unspecified atom stereocenters. The van der Waals surface area contributed by atoms with Crippen LogP contribution in [0.2, 0.25) is 14.4 Å². The van der Waals surface area contributed by atoms with E-state index in [-0.39, 0.29) is 18.6 Å². The van der Waals surface area contributed by atoms with Crippen LogP contribution in [-0.4, -0.2) is 26.2 Å². The van der Waals surface area contributed by atoms with Crippen molar-refractivity contribution in [1.29, 1.82) is 0 Å². The van der Waals surface area contributed by atoms with Crippen molar-refractivity contribution in [2.45, 2.75) is 6.10 Å². The molecule has 0 aliphatic rings. The average molecular weight is 395 g/mol. The number of thiophene rings is 1. The Morgan fingerprint density at radius 1 is 1.26 bits per heavy atom. The minimum absolute atomic E-state index is 0.150. The van der Waals surface area contributed by atoms with Gasteiger partial charge in [0.15, 0.2) is 6.61 Å². The third kappa shape index (κ3) is 5.55. The monoisotopic (exact) mass is 393 g/mol. The van der Waals surface area contributed by atoms with E-state index in [4.69, 9.17) is 44.3 Å². The molecule has 0 saturated heterocycles. The van der Waals surface area contributed by atoms with Crippen LogP contribution in [-0.2, 0) is 9.53 Å². The van der Waals surface area contributed by atoms with E-state index < -0.39 is 0 Å². The van der Waals surface area contributed by atoms with Crippen molar-refractivity contribution in [1.82, 2.24) is 5.32 Å². The van der Waals surface area contributed by atoms with E-state index in [1.54, 1.807) is 31.4 Å². The van der Waals surface area contributed by atoms with Gasteiger partial charge < -0.3 is 14.8 Å². The smallest absolute Gasteiger partial charge is 0.258 e. The SMILES string of the molecule is COC(CNC(=O)COc1ccc(Cl)cc1Cl)c1ccc(Cl)s1. The van der Waals surface area contributed by atoms with Crippen molar-refractivity contribution in [3.8, 4) is 5.75 Å². The van der Waals surface area contributed by atoms with Crippen LogP contribution in [0.3, 0.4) is 0 Å². The van der Waals surface area contributed by atoms with Crippen LogP contribution in [0.15, 0.2) is 30.3 Å². The maximum atomic E-state index is 11.9. The molecule has 8 heteroatoms. The maximum Gasteiger partial charge on any atom is 0.258 e. The van der Waals surface area contributed by atoms with Crippen LogP contribution < -0.4 is 10.1 Å². The first-order chi connectivity index (χ1) is 11.0. The van der Waals surface area contributed by atoms with Crippen molar-refractivity contribution in [2.75, 3.05) is 20.3 Å². The van der Waals surface area contributed by atoms with E-state index in [1.165, 1.54) is 11.3 Å². The lowest BCUT2D eigenvalue weighted by Crippen LogP contribution is -2.32. The lowest BCUT2D eigenvalue weighted by atomic mass is 10.3. The first-order valence-electron chi connectivity index (χ1n) is 6.62. The summed E-state index contributed by atoms with van der Waals surface area (Å²) in [4.78, 5) is 12.8. The van der Waals surface area contributed by atoms with Gasteiger partial charge in [0.1, 0.15) is 11.9 Å². The molecule has 1 N–H and O–H groups in total. The van der Waals surface area contributed by atoms with Crippen LogP contribution in [0.5, 0.6) is 5.75 Å². The van der Waals surface area contributed by atoms with Gasteiger partial charge in [-0.15, -0.1) is 11.3 Å². The first-order valence-corrected chi connectivity index (χ1v) is 8.57. The summed E-state index contributed by atoms with van der Waals surface area (Å²) in [6.45, 7) is 0.173. The third-order valence-corrected chi connectivity index (χ3v) is 4.79. The largest absolute Gasteiger partial charge is 0.482 e. The van der Waals surface area contributed by atoms with Crippen molar-refractivity contribution >= 4 is 52.0 Å². The fourth-order valence-corrected chi connectivity index (χ4v) is 3.40. The normalized spacial score (nSPS) is 12.0. The number of methoxy groups -OCH3 is 1. The van der Waals surface area contributed by atoms with E-state index in [2.05, 4.69) is 5.32 Å². The second-order valence-corrected chi connectivity index (χ2v) is 7.12. The molecular formula is C15H14Cl3NO3S. The number of hydrogen-bond acceptors (Lipinski definition) is 4. The van der Waals surface area contributed by atoms with Crippen molar-refractivity contribution < 1.29 is 14.3 Å². The molecule has 0 aliphatic heterocycles. The van der Waals surface area contributed by atoms with Gasteiger partial charge in [-0.1, -0.05) is 34.8 Å². The highest BCUT2D eigenvalue weighted by molar-refractivity contribution is 7.16. The highest BCUT2D eigenvalue weighted by atomic mass is 35.5. The number of nitrogens with one attached hydrogen (secondary N) is 1. The van der Waals surface area contributed by atoms with Gasteiger partial charge in [0.05, 0.1) is 9.36 Å². The van der Waals surface area contributed by atoms with Crippen LogP contribution in [0.4, 0.5) is 0 Å². The van der Waals surface area contributed by atoms with Crippen molar-refractivity contribution in [3.63, 3.8) is 0 Å². The van der Waals surface area contributed by atoms with E-state index >= 15 is 0 Å². The van der Waals surface area contributed by atoms with Gasteiger partial charge in [0, 0.05) is 23.6 Å². The topological polar surface area (TPSA) is 47.6 Å². The zero-order chi connectivity index (χ0) is 16.8. The number of hydrogen-bond donors (Lipinski definition) is 1. The Morgan fingerprint density at radius 2 is 2.04 bits per heavy atom. The minimum atomic E-state index is -0.277. The molecular weight excluding hydrogens is 381 g/mol. The molecule has 1 atom stereocenters. The van der Waals surface area contributed by atoms with Crippen molar-refractivity contribution in [3.05, 3.63) is 49.6 Å². The number of rotatable bonds is 7. The van der Waals surface area contributed by atoms with Crippen LogP contribution in [0.1, 0.15) is 11.0 Å². The lowest BCUT2D eigenvalue weighted by Gasteiger charge is -2.15. The number of amides is 1. The van der Waals surface area contributed by atoms with E-state index in [0.29, 0.717) is 26.7 Å². The number of carbonyl (C=O) groups is 1. The van der Waals surface area contributed by atoms with Gasteiger partial charge in [0.2, 0.25) is 0 Å². The second kappa shape index (κ2) is 8.76. The van der Waals surface area contributed by atoms with Crippen molar-refractivity contribution in [2.24, 2.45) is 0 Å². The molecule has 0 aliphatic carbocycles. The Kier molecular flexibility index (Phi) is 6.99. The molecule has 2 aromatic rings. The molecule has 1 aromatic carbocycles. The summed E-state index contributed by atoms with van der Waals surface area (Å²) in [6, 6.07) is 8.47. The highest BCUT2D eigenvalue weighted by Gasteiger charge is 2.15. The predicted molar refractivity (Wildman–Crippen MR) is 94.0 cm³/mol. The maximum absolute atomic E-state index is 11.9. The number of benzene rings is 1. The molecule has 1 aromatic heterocycles. The molecule has 0 fully saturated rings. The third-order valence-electron chi connectivity index (χ3n) is 2.93. The molecule has 1 amide bonds. The van der Waals surface area contributed by atoms with Gasteiger partial charge in [0.25, 0.3) is 5.91 Å². The summed E-state index contributed by atoms with van der Waals surface area (Å²) >= 11 is 19.1. The predicted octanol–water partition coefficient (Wildman–Crippen LogP) is 4.59. The Labute approximate surface area is 153 Å². The summed E-state index contributed by atoms with van der Waals surface area (Å²) in [5.41, 5.74) is 0. The van der Waals surface area contributed by atoms with E-state index in [1.807, 2.05) is 6.07 Å². The van der Waals surface area contributed by atoms with Gasteiger partial charge in [-0.25, -0.2) is 0 Å². The first kappa shape index (κ1) is 18.4. The molecule has 1 heterocycles. The van der Waals surface area contributed by atoms with Gasteiger partial charge in [-0.3, -0.25) is 4.79 Å². The molecule has 0 saturated carbocycles. The summed E-state index contributed by atoms with van der Waals surface area (Å²) in [6.07, 6.45) is -0.254. The van der Waals surface area contributed by atoms with Gasteiger partial charge in [-0.2, -0.15) is 0 Å². The number of halogens is 3. The average Bonchev–Trinajstić information content (AvgIpc) is 2.93. The van der Waals surface area contributed by atoms with E-state index in [9.17, 15) is 4.79 Å². The van der Waals surface area contributed by atoms with Gasteiger partial charge in [-0.05, 0) is 30.3 Å². The van der Waals surface area contributed by atoms with E-state index in [0.717, 1.165) is 4.88 Å². The summed E-state index contributed by atoms with van der Waals surface area (Å²) in [5, 5.41) is 3.61. The van der Waals surface area contributed by atoms with Crippen LogP contribution in [0.25, 0.3) is 0 Å². The Bertz CT molecular complexity index is 678. The number of carbonyl (C=O) groups excluding carboxylic acids is 1. The molecule has 0 bridgehead atoms. The minimum Gasteiger partial charge on any atom is -0.482 e. The highest BCUT2D eigenvalue weighted by Crippen LogP contribution is 2.29. The fourth-order valence-electron chi connectivity index (χ4n) is 1.79. The fraction of sp³-hybridized carbons (Fsp3) is 0.267. The summed E-state index contributed by atoms with van der Waals surface area (Å²) in [5.74, 6) is 0.125. The quantitative estimate of drug-likeness (QED) is 0.747. The standard InChI is InChI=1S/C15H14Cl3NO3S/c1-21-12(13-4-5-14(18)23-13)7-19-15(20)8-22-11-3-2-9(16)6-10(11)17/h2-6,12H,7-8H2,1H3,(H,19,20). The lowest BCUT2D eigenvalue weighted by molar-refractivity contribution is -0.123. The zero-order valence-corrected chi connectivity index (χ0v) is 15.2. The Hall–Kier alpha value is -0.980. The summed E-state index contributed by atoms with van der Waals surface area (Å²) < 4.78 is 11.4. The molecule has 2 rings (SSSR count). The molecule has 23 heavy (non-hydrogen) atoms.